The fraction of sp³-hybridized carbons (Fsp3) is 0.385. The number of carbonyl (C=O) groups excluding carboxylic acids is 1. The summed E-state index contributed by atoms with van der Waals surface area (Å²) in [5.41, 5.74) is 5.51. The van der Waals surface area contributed by atoms with Crippen LogP contribution in [0.25, 0.3) is 22.5 Å². The summed E-state index contributed by atoms with van der Waals surface area (Å²) < 4.78 is 6.10. The van der Waals surface area contributed by atoms with E-state index in [0.717, 1.165) is 65.3 Å². The highest BCUT2D eigenvalue weighted by Gasteiger charge is 2.27. The molecule has 3 heterocycles. The maximum atomic E-state index is 13.2. The molecule has 0 radical (unpaired) electrons. The predicted molar refractivity (Wildman–Crippen MR) is 125 cm³/mol. The van der Waals surface area contributed by atoms with E-state index >= 15 is 0 Å². The minimum Gasteiger partial charge on any atom is -0.491 e. The van der Waals surface area contributed by atoms with Crippen molar-refractivity contribution in [3.63, 3.8) is 0 Å². The molecule has 166 valence electrons. The van der Waals surface area contributed by atoms with E-state index in [1.54, 1.807) is 6.20 Å². The van der Waals surface area contributed by atoms with Crippen LogP contribution in [0.5, 0.6) is 5.75 Å². The lowest BCUT2D eigenvalue weighted by molar-refractivity contribution is 0.129. The molecule has 5 rings (SSSR count). The second kappa shape index (κ2) is 8.69. The number of fused-ring (bicyclic) bond motifs is 1. The van der Waals surface area contributed by atoms with Crippen molar-refractivity contribution in [2.24, 2.45) is 5.92 Å². The smallest absolute Gasteiger partial charge is 0.320 e. The Bertz CT molecular complexity index is 1080. The monoisotopic (exact) mass is 430 g/mol. The van der Waals surface area contributed by atoms with Gasteiger partial charge in [-0.3, -0.25) is 0 Å². The maximum Gasteiger partial charge on any atom is 0.320 e. The molecule has 0 bridgehead atoms. The highest BCUT2D eigenvalue weighted by atomic mass is 16.5. The lowest BCUT2D eigenvalue weighted by atomic mass is 9.98. The van der Waals surface area contributed by atoms with Crippen LogP contribution in [0.1, 0.15) is 30.9 Å². The number of imidazole rings is 1. The molecule has 1 fully saturated rings. The number of piperidine rings is 1. The van der Waals surface area contributed by atoms with Gasteiger partial charge in [-0.25, -0.2) is 9.78 Å². The molecule has 6 nitrogen and oxygen atoms in total. The SMILES string of the molecule is Cc1cc(-c2ccc(-c3ncc[nH]3)cc2)cc2c1OCCN(C(=O)N1CCC(C)CC1)C2. The number of ether oxygens (including phenoxy) is 1. The number of hydrogen-bond donors (Lipinski definition) is 1. The zero-order chi connectivity index (χ0) is 22.1. The van der Waals surface area contributed by atoms with Crippen molar-refractivity contribution < 1.29 is 9.53 Å². The predicted octanol–water partition coefficient (Wildman–Crippen LogP) is 5.10. The molecule has 2 aliphatic heterocycles. The minimum absolute atomic E-state index is 0.138. The molecule has 3 aromatic rings. The number of amides is 2. The van der Waals surface area contributed by atoms with E-state index in [1.807, 2.05) is 16.0 Å². The van der Waals surface area contributed by atoms with Crippen molar-refractivity contribution in [3.05, 3.63) is 59.9 Å². The van der Waals surface area contributed by atoms with E-state index in [0.29, 0.717) is 25.6 Å². The van der Waals surface area contributed by atoms with Crippen molar-refractivity contribution >= 4 is 6.03 Å². The molecule has 0 unspecified atom stereocenters. The fourth-order valence-electron chi connectivity index (χ4n) is 4.69. The second-order valence-corrected chi connectivity index (χ2v) is 9.02. The Morgan fingerprint density at radius 3 is 2.50 bits per heavy atom. The van der Waals surface area contributed by atoms with E-state index in [-0.39, 0.29) is 6.03 Å². The van der Waals surface area contributed by atoms with Crippen molar-refractivity contribution in [2.75, 3.05) is 26.2 Å². The van der Waals surface area contributed by atoms with Crippen molar-refractivity contribution in [2.45, 2.75) is 33.2 Å². The number of carbonyl (C=O) groups is 1. The zero-order valence-corrected chi connectivity index (χ0v) is 18.8. The second-order valence-electron chi connectivity index (χ2n) is 9.02. The molecule has 0 saturated carbocycles. The van der Waals surface area contributed by atoms with Crippen LogP contribution in [0.4, 0.5) is 4.79 Å². The van der Waals surface area contributed by atoms with E-state index < -0.39 is 0 Å². The first-order valence-corrected chi connectivity index (χ1v) is 11.5. The first-order valence-electron chi connectivity index (χ1n) is 11.5. The van der Waals surface area contributed by atoms with Crippen LogP contribution in [0, 0.1) is 12.8 Å². The molecule has 32 heavy (non-hydrogen) atoms. The molecule has 1 N–H and O–H groups in total. The van der Waals surface area contributed by atoms with E-state index in [4.69, 9.17) is 4.74 Å². The lowest BCUT2D eigenvalue weighted by Crippen LogP contribution is -2.46. The average Bonchev–Trinajstić information content (AvgIpc) is 3.26. The summed E-state index contributed by atoms with van der Waals surface area (Å²) in [5, 5.41) is 0. The Balaban J connectivity index is 1.39. The third-order valence-corrected chi connectivity index (χ3v) is 6.63. The summed E-state index contributed by atoms with van der Waals surface area (Å²) in [5.74, 6) is 2.49. The number of likely N-dealkylation sites (tertiary alicyclic amines) is 1. The van der Waals surface area contributed by atoms with Gasteiger partial charge in [0.15, 0.2) is 0 Å². The number of hydrogen-bond acceptors (Lipinski definition) is 3. The van der Waals surface area contributed by atoms with Crippen LogP contribution in [0.3, 0.4) is 0 Å². The Hall–Kier alpha value is -3.28. The molecule has 0 aliphatic carbocycles. The number of aromatic amines is 1. The molecule has 0 atom stereocenters. The minimum atomic E-state index is 0.138. The topological polar surface area (TPSA) is 61.5 Å². The van der Waals surface area contributed by atoms with E-state index in [1.165, 1.54) is 0 Å². The summed E-state index contributed by atoms with van der Waals surface area (Å²) in [6.45, 7) is 7.79. The molecular formula is C26H30N4O2. The number of nitrogens with one attached hydrogen (secondary N) is 1. The van der Waals surface area contributed by atoms with Crippen molar-refractivity contribution in [3.8, 4) is 28.3 Å². The molecule has 0 spiro atoms. The largest absolute Gasteiger partial charge is 0.491 e. The van der Waals surface area contributed by atoms with E-state index in [2.05, 4.69) is 60.2 Å². The summed E-state index contributed by atoms with van der Waals surface area (Å²) in [6, 6.07) is 12.9. The molecule has 1 saturated heterocycles. The average molecular weight is 431 g/mol. The van der Waals surface area contributed by atoms with Crippen LogP contribution in [0.2, 0.25) is 0 Å². The zero-order valence-electron chi connectivity index (χ0n) is 18.8. The van der Waals surface area contributed by atoms with Crippen LogP contribution in [-0.4, -0.2) is 52.0 Å². The highest BCUT2D eigenvalue weighted by molar-refractivity contribution is 5.75. The van der Waals surface area contributed by atoms with Crippen molar-refractivity contribution in [1.82, 2.24) is 19.8 Å². The molecule has 2 aliphatic rings. The summed E-state index contributed by atoms with van der Waals surface area (Å²) in [4.78, 5) is 24.6. The number of rotatable bonds is 2. The van der Waals surface area contributed by atoms with Gasteiger partial charge in [0.1, 0.15) is 18.2 Å². The first-order chi connectivity index (χ1) is 15.6. The quantitative estimate of drug-likeness (QED) is 0.615. The third kappa shape index (κ3) is 4.09. The summed E-state index contributed by atoms with van der Waals surface area (Å²) >= 11 is 0. The van der Waals surface area contributed by atoms with Gasteiger partial charge in [0, 0.05) is 36.6 Å². The number of nitrogens with zero attached hydrogens (tertiary/aromatic N) is 3. The molecule has 1 aromatic heterocycles. The number of aryl methyl sites for hydroxylation is 1. The van der Waals surface area contributed by atoms with Gasteiger partial charge in [-0.05, 0) is 54.5 Å². The van der Waals surface area contributed by atoms with E-state index in [9.17, 15) is 4.79 Å². The van der Waals surface area contributed by atoms with Gasteiger partial charge in [-0.15, -0.1) is 0 Å². The van der Waals surface area contributed by atoms with Gasteiger partial charge in [0.25, 0.3) is 0 Å². The number of urea groups is 1. The van der Waals surface area contributed by atoms with Crippen LogP contribution < -0.4 is 4.74 Å². The third-order valence-electron chi connectivity index (χ3n) is 6.63. The summed E-state index contributed by atoms with van der Waals surface area (Å²) in [6.07, 6.45) is 5.76. The molecule has 2 amide bonds. The number of aromatic nitrogens is 2. The Labute approximate surface area is 189 Å². The van der Waals surface area contributed by atoms with Gasteiger partial charge in [-0.2, -0.15) is 0 Å². The summed E-state index contributed by atoms with van der Waals surface area (Å²) in [7, 11) is 0. The lowest BCUT2D eigenvalue weighted by Gasteiger charge is -2.34. The molecule has 2 aromatic carbocycles. The number of H-pyrrole nitrogens is 1. The Morgan fingerprint density at radius 1 is 1.03 bits per heavy atom. The number of benzene rings is 2. The van der Waals surface area contributed by atoms with Gasteiger partial charge >= 0.3 is 6.03 Å². The molecular weight excluding hydrogens is 400 g/mol. The van der Waals surface area contributed by atoms with Crippen LogP contribution >= 0.6 is 0 Å². The maximum absolute atomic E-state index is 13.2. The van der Waals surface area contributed by atoms with Gasteiger partial charge in [0.2, 0.25) is 0 Å². The van der Waals surface area contributed by atoms with Crippen molar-refractivity contribution in [1.29, 1.82) is 0 Å². The van der Waals surface area contributed by atoms with Crippen LogP contribution in [0.15, 0.2) is 48.8 Å². The standard InChI is InChI=1S/C26H30N4O2/c1-18-7-11-29(12-8-18)26(31)30-13-14-32-24-19(2)15-22(16-23(24)17-30)20-3-5-21(6-4-20)25-27-9-10-28-25/h3-6,9-10,15-16,18H,7-8,11-14,17H2,1-2H3,(H,27,28). The van der Waals surface area contributed by atoms with Gasteiger partial charge < -0.3 is 19.5 Å². The molecule has 6 heteroatoms. The Kier molecular flexibility index (Phi) is 5.60. The Morgan fingerprint density at radius 2 is 1.78 bits per heavy atom. The van der Waals surface area contributed by atoms with Gasteiger partial charge in [0.05, 0.1) is 13.1 Å². The van der Waals surface area contributed by atoms with Gasteiger partial charge in [-0.1, -0.05) is 31.2 Å². The first kappa shape index (κ1) is 20.6. The fourth-order valence-corrected chi connectivity index (χ4v) is 4.69. The normalized spacial score (nSPS) is 16.9. The van der Waals surface area contributed by atoms with Crippen LogP contribution in [-0.2, 0) is 6.54 Å². The highest BCUT2D eigenvalue weighted by Crippen LogP contribution is 2.34.